The van der Waals surface area contributed by atoms with Crippen molar-refractivity contribution >= 4 is 23.2 Å². The second-order valence-corrected chi connectivity index (χ2v) is 6.80. The molecule has 0 aliphatic carbocycles. The fourth-order valence-corrected chi connectivity index (χ4v) is 3.35. The molecule has 6 heteroatoms. The van der Waals surface area contributed by atoms with Gasteiger partial charge in [0.2, 0.25) is 5.91 Å². The SMILES string of the molecule is CN(Cc1ccsc1)C(=O)[C@H](Cc1ccccc1)NC(=O)c1ccco1. The van der Waals surface area contributed by atoms with Crippen LogP contribution in [0.2, 0.25) is 0 Å². The molecule has 2 amide bonds. The molecule has 3 rings (SSSR count). The van der Waals surface area contributed by atoms with E-state index < -0.39 is 11.9 Å². The van der Waals surface area contributed by atoms with E-state index in [0.717, 1.165) is 11.1 Å². The molecule has 1 aromatic carbocycles. The summed E-state index contributed by atoms with van der Waals surface area (Å²) in [5.74, 6) is -0.343. The Hall–Kier alpha value is -2.86. The summed E-state index contributed by atoms with van der Waals surface area (Å²) in [7, 11) is 1.75. The molecule has 0 radical (unpaired) electrons. The van der Waals surface area contributed by atoms with Crippen molar-refractivity contribution in [1.82, 2.24) is 10.2 Å². The quantitative estimate of drug-likeness (QED) is 0.696. The molecular formula is C20H20N2O3S. The molecule has 3 aromatic rings. The number of carbonyl (C=O) groups is 2. The number of rotatable bonds is 7. The van der Waals surface area contributed by atoms with E-state index in [2.05, 4.69) is 5.32 Å². The second-order valence-electron chi connectivity index (χ2n) is 6.02. The molecule has 2 aromatic heterocycles. The Morgan fingerprint density at radius 3 is 2.58 bits per heavy atom. The smallest absolute Gasteiger partial charge is 0.287 e. The van der Waals surface area contributed by atoms with Gasteiger partial charge in [-0.05, 0) is 40.1 Å². The molecular weight excluding hydrogens is 348 g/mol. The molecule has 134 valence electrons. The average Bonchev–Trinajstić information content (AvgIpc) is 3.35. The van der Waals surface area contributed by atoms with Crippen molar-refractivity contribution in [2.24, 2.45) is 0 Å². The van der Waals surface area contributed by atoms with Crippen molar-refractivity contribution in [1.29, 1.82) is 0 Å². The van der Waals surface area contributed by atoms with Crippen molar-refractivity contribution < 1.29 is 14.0 Å². The minimum atomic E-state index is -0.668. The highest BCUT2D eigenvalue weighted by atomic mass is 32.1. The topological polar surface area (TPSA) is 62.6 Å². The van der Waals surface area contributed by atoms with Crippen LogP contribution in [-0.2, 0) is 17.8 Å². The van der Waals surface area contributed by atoms with E-state index in [9.17, 15) is 9.59 Å². The maximum absolute atomic E-state index is 13.0. The van der Waals surface area contributed by atoms with Crippen molar-refractivity contribution in [2.75, 3.05) is 7.05 Å². The Morgan fingerprint density at radius 2 is 1.92 bits per heavy atom. The van der Waals surface area contributed by atoms with Crippen molar-refractivity contribution in [3.8, 4) is 0 Å². The summed E-state index contributed by atoms with van der Waals surface area (Å²) in [4.78, 5) is 27.0. The Kier molecular flexibility index (Phi) is 5.86. The Bertz CT molecular complexity index is 829. The Morgan fingerprint density at radius 1 is 1.12 bits per heavy atom. The summed E-state index contributed by atoms with van der Waals surface area (Å²) < 4.78 is 5.14. The van der Waals surface area contributed by atoms with Gasteiger partial charge >= 0.3 is 0 Å². The summed E-state index contributed by atoms with van der Waals surface area (Å²) in [6, 6.07) is 14.2. The predicted molar refractivity (Wildman–Crippen MR) is 101 cm³/mol. The standard InChI is InChI=1S/C20H20N2O3S/c1-22(13-16-9-11-26-14-16)20(24)17(12-15-6-3-2-4-7-15)21-19(23)18-8-5-10-25-18/h2-11,14,17H,12-13H2,1H3,(H,21,23)/t17-/m0/s1. The van der Waals surface area contributed by atoms with E-state index in [0.29, 0.717) is 13.0 Å². The maximum Gasteiger partial charge on any atom is 0.287 e. The van der Waals surface area contributed by atoms with Gasteiger partial charge in [-0.15, -0.1) is 0 Å². The number of hydrogen-bond donors (Lipinski definition) is 1. The van der Waals surface area contributed by atoms with E-state index in [1.54, 1.807) is 35.4 Å². The zero-order chi connectivity index (χ0) is 18.4. The average molecular weight is 368 g/mol. The number of benzene rings is 1. The summed E-state index contributed by atoms with van der Waals surface area (Å²) >= 11 is 1.59. The molecule has 0 fully saturated rings. The summed E-state index contributed by atoms with van der Waals surface area (Å²) in [6.07, 6.45) is 1.85. The van der Waals surface area contributed by atoms with Gasteiger partial charge in [-0.3, -0.25) is 9.59 Å². The van der Waals surface area contributed by atoms with Gasteiger partial charge in [-0.25, -0.2) is 0 Å². The minimum Gasteiger partial charge on any atom is -0.459 e. The van der Waals surface area contributed by atoms with Crippen LogP contribution in [0.15, 0.2) is 70.0 Å². The van der Waals surface area contributed by atoms with Gasteiger partial charge in [-0.2, -0.15) is 11.3 Å². The van der Waals surface area contributed by atoms with Gasteiger partial charge in [0.25, 0.3) is 5.91 Å². The van der Waals surface area contributed by atoms with Crippen LogP contribution in [0.25, 0.3) is 0 Å². The lowest BCUT2D eigenvalue weighted by Gasteiger charge is -2.24. The van der Waals surface area contributed by atoms with E-state index in [4.69, 9.17) is 4.42 Å². The highest BCUT2D eigenvalue weighted by molar-refractivity contribution is 7.07. The monoisotopic (exact) mass is 368 g/mol. The molecule has 26 heavy (non-hydrogen) atoms. The van der Waals surface area contributed by atoms with E-state index >= 15 is 0 Å². The zero-order valence-electron chi connectivity index (χ0n) is 14.4. The fraction of sp³-hybridized carbons (Fsp3) is 0.200. The molecule has 0 spiro atoms. The largest absolute Gasteiger partial charge is 0.459 e. The number of hydrogen-bond acceptors (Lipinski definition) is 4. The van der Waals surface area contributed by atoms with E-state index in [-0.39, 0.29) is 11.7 Å². The normalized spacial score (nSPS) is 11.7. The van der Waals surface area contributed by atoms with Crippen LogP contribution in [0.1, 0.15) is 21.7 Å². The lowest BCUT2D eigenvalue weighted by Crippen LogP contribution is -2.48. The minimum absolute atomic E-state index is 0.139. The lowest BCUT2D eigenvalue weighted by molar-refractivity contribution is -0.132. The highest BCUT2D eigenvalue weighted by Gasteiger charge is 2.25. The molecule has 0 aliphatic rings. The van der Waals surface area contributed by atoms with Crippen LogP contribution in [0.5, 0.6) is 0 Å². The van der Waals surface area contributed by atoms with Crippen LogP contribution in [0.4, 0.5) is 0 Å². The predicted octanol–water partition coefficient (Wildman–Crippen LogP) is 3.34. The molecule has 0 saturated heterocycles. The molecule has 2 heterocycles. The van der Waals surface area contributed by atoms with Crippen molar-refractivity contribution in [3.05, 3.63) is 82.4 Å². The fourth-order valence-electron chi connectivity index (χ4n) is 2.69. The highest BCUT2D eigenvalue weighted by Crippen LogP contribution is 2.12. The van der Waals surface area contributed by atoms with Crippen LogP contribution in [0, 0.1) is 0 Å². The molecule has 5 nitrogen and oxygen atoms in total. The number of likely N-dealkylation sites (N-methyl/N-ethyl adjacent to an activating group) is 1. The number of furan rings is 1. The first kappa shape index (κ1) is 17.9. The van der Waals surface area contributed by atoms with Crippen LogP contribution < -0.4 is 5.32 Å². The van der Waals surface area contributed by atoms with Crippen LogP contribution in [-0.4, -0.2) is 29.8 Å². The van der Waals surface area contributed by atoms with Crippen LogP contribution >= 0.6 is 11.3 Å². The first-order chi connectivity index (χ1) is 12.6. The van der Waals surface area contributed by atoms with Gasteiger partial charge in [0.05, 0.1) is 6.26 Å². The Balaban J connectivity index is 1.74. The lowest BCUT2D eigenvalue weighted by atomic mass is 10.0. The molecule has 0 aliphatic heterocycles. The third-order valence-corrected chi connectivity index (χ3v) is 4.74. The first-order valence-electron chi connectivity index (χ1n) is 8.28. The molecule has 1 N–H and O–H groups in total. The van der Waals surface area contributed by atoms with Gasteiger partial charge in [-0.1, -0.05) is 30.3 Å². The number of nitrogens with one attached hydrogen (secondary N) is 1. The van der Waals surface area contributed by atoms with Gasteiger partial charge < -0.3 is 14.6 Å². The number of amides is 2. The first-order valence-corrected chi connectivity index (χ1v) is 9.22. The third kappa shape index (κ3) is 4.61. The van der Waals surface area contributed by atoms with E-state index in [1.807, 2.05) is 47.2 Å². The van der Waals surface area contributed by atoms with Crippen molar-refractivity contribution in [2.45, 2.75) is 19.0 Å². The number of thiophene rings is 1. The molecule has 0 saturated carbocycles. The molecule has 0 bridgehead atoms. The maximum atomic E-state index is 13.0. The Labute approximate surface area is 156 Å². The second kappa shape index (κ2) is 8.49. The zero-order valence-corrected chi connectivity index (χ0v) is 15.2. The van der Waals surface area contributed by atoms with Gasteiger partial charge in [0, 0.05) is 20.0 Å². The summed E-state index contributed by atoms with van der Waals surface area (Å²) in [6.45, 7) is 0.504. The number of nitrogens with zero attached hydrogens (tertiary/aromatic N) is 1. The van der Waals surface area contributed by atoms with Crippen molar-refractivity contribution in [3.63, 3.8) is 0 Å². The third-order valence-electron chi connectivity index (χ3n) is 4.01. The van der Waals surface area contributed by atoms with E-state index in [1.165, 1.54) is 6.26 Å². The van der Waals surface area contributed by atoms with Gasteiger partial charge in [0.1, 0.15) is 6.04 Å². The molecule has 0 unspecified atom stereocenters. The summed E-state index contributed by atoms with van der Waals surface area (Å²) in [5, 5.41) is 6.80. The summed E-state index contributed by atoms with van der Waals surface area (Å²) in [5.41, 5.74) is 2.05. The van der Waals surface area contributed by atoms with Gasteiger partial charge in [0.15, 0.2) is 5.76 Å². The molecule has 1 atom stereocenters. The number of carbonyl (C=O) groups excluding carboxylic acids is 2. The van der Waals surface area contributed by atoms with Crippen LogP contribution in [0.3, 0.4) is 0 Å².